The first-order chi connectivity index (χ1) is 18.8. The third kappa shape index (κ3) is 5.17. The van der Waals surface area contributed by atoms with Crippen molar-refractivity contribution >= 4 is 23.5 Å². The van der Waals surface area contributed by atoms with Crippen molar-refractivity contribution in [2.24, 2.45) is 0 Å². The molecule has 2 aliphatic rings. The van der Waals surface area contributed by atoms with Crippen molar-refractivity contribution in [2.75, 3.05) is 18.4 Å². The molecule has 4 amide bonds. The predicted molar refractivity (Wildman–Crippen MR) is 152 cm³/mol. The Morgan fingerprint density at radius 3 is 2.33 bits per heavy atom. The van der Waals surface area contributed by atoms with Gasteiger partial charge >= 0.3 is 6.03 Å². The first-order valence-electron chi connectivity index (χ1n) is 13.4. The molecule has 39 heavy (non-hydrogen) atoms. The summed E-state index contributed by atoms with van der Waals surface area (Å²) in [6, 6.07) is 21.7. The van der Waals surface area contributed by atoms with E-state index in [-0.39, 0.29) is 24.4 Å². The fraction of sp³-hybridized carbons (Fsp3) is 0.281. The third-order valence-corrected chi connectivity index (χ3v) is 7.57. The molecule has 0 aromatic heterocycles. The molecule has 3 aromatic carbocycles. The summed E-state index contributed by atoms with van der Waals surface area (Å²) in [6.45, 7) is 8.50. The highest BCUT2D eigenvalue weighted by Gasteiger charge is 2.47. The number of hydrogen-bond donors (Lipinski definition) is 2. The smallest absolute Gasteiger partial charge is 0.322 e. The van der Waals surface area contributed by atoms with Crippen molar-refractivity contribution in [2.45, 2.75) is 46.2 Å². The maximum Gasteiger partial charge on any atom is 0.322 e. The minimum atomic E-state index is -0.764. The van der Waals surface area contributed by atoms with Crippen LogP contribution < -0.4 is 10.6 Å². The van der Waals surface area contributed by atoms with Gasteiger partial charge in [0.25, 0.3) is 5.91 Å². The summed E-state index contributed by atoms with van der Waals surface area (Å²) in [5.74, 6) is -0.491. The van der Waals surface area contributed by atoms with Crippen LogP contribution in [-0.4, -0.2) is 46.8 Å². The van der Waals surface area contributed by atoms with E-state index >= 15 is 0 Å². The molecule has 2 atom stereocenters. The lowest BCUT2D eigenvalue weighted by Crippen LogP contribution is -2.47. The van der Waals surface area contributed by atoms with E-state index in [9.17, 15) is 14.4 Å². The van der Waals surface area contributed by atoms with E-state index in [4.69, 9.17) is 0 Å². The van der Waals surface area contributed by atoms with E-state index < -0.39 is 12.1 Å². The van der Waals surface area contributed by atoms with Crippen LogP contribution in [0, 0.1) is 20.8 Å². The molecule has 0 spiro atoms. The third-order valence-electron chi connectivity index (χ3n) is 7.57. The number of anilines is 1. The fourth-order valence-corrected chi connectivity index (χ4v) is 5.53. The molecule has 2 heterocycles. The van der Waals surface area contributed by atoms with Gasteiger partial charge in [-0.25, -0.2) is 4.79 Å². The molecule has 200 valence electrons. The highest BCUT2D eigenvalue weighted by Crippen LogP contribution is 2.38. The molecule has 7 heteroatoms. The van der Waals surface area contributed by atoms with E-state index in [0.717, 1.165) is 27.8 Å². The summed E-state index contributed by atoms with van der Waals surface area (Å²) in [6.07, 6.45) is 0.354. The highest BCUT2D eigenvalue weighted by molar-refractivity contribution is 6.05. The molecule has 0 radical (unpaired) electrons. The van der Waals surface area contributed by atoms with Gasteiger partial charge in [-0.05, 0) is 56.5 Å². The monoisotopic (exact) mass is 522 g/mol. The Morgan fingerprint density at radius 2 is 1.67 bits per heavy atom. The van der Waals surface area contributed by atoms with Gasteiger partial charge in [-0.15, -0.1) is 0 Å². The topological polar surface area (TPSA) is 81.8 Å². The quantitative estimate of drug-likeness (QED) is 0.456. The zero-order valence-electron chi connectivity index (χ0n) is 22.8. The lowest BCUT2D eigenvalue weighted by Gasteiger charge is -2.33. The second kappa shape index (κ2) is 10.8. The van der Waals surface area contributed by atoms with E-state index in [2.05, 4.69) is 16.7 Å². The van der Waals surface area contributed by atoms with Crippen LogP contribution in [0.3, 0.4) is 0 Å². The van der Waals surface area contributed by atoms with Crippen molar-refractivity contribution < 1.29 is 14.4 Å². The van der Waals surface area contributed by atoms with Gasteiger partial charge in [-0.2, -0.15) is 0 Å². The Kier molecular flexibility index (Phi) is 7.24. The number of hydrogen-bond acceptors (Lipinski definition) is 3. The molecule has 5 rings (SSSR count). The molecule has 3 aromatic rings. The van der Waals surface area contributed by atoms with Gasteiger partial charge in [-0.1, -0.05) is 71.8 Å². The molecule has 0 saturated heterocycles. The summed E-state index contributed by atoms with van der Waals surface area (Å²) >= 11 is 0. The Labute approximate surface area is 229 Å². The number of urea groups is 1. The molecular formula is C32H34N4O3. The van der Waals surface area contributed by atoms with Crippen LogP contribution in [0.15, 0.2) is 84.1 Å². The number of carbonyl (C=O) groups excluding carboxylic acids is 3. The lowest BCUT2D eigenvalue weighted by molar-refractivity contribution is -0.134. The Balaban J connectivity index is 1.52. The molecule has 0 aliphatic carbocycles. The van der Waals surface area contributed by atoms with Crippen molar-refractivity contribution in [1.29, 1.82) is 0 Å². The summed E-state index contributed by atoms with van der Waals surface area (Å²) < 4.78 is 0. The maximum absolute atomic E-state index is 14.2. The Morgan fingerprint density at radius 1 is 0.974 bits per heavy atom. The molecular weight excluding hydrogens is 488 g/mol. The molecule has 0 bridgehead atoms. The summed E-state index contributed by atoms with van der Waals surface area (Å²) in [7, 11) is 0. The number of nitrogens with zero attached hydrogens (tertiary/aromatic N) is 2. The van der Waals surface area contributed by atoms with Gasteiger partial charge in [0.1, 0.15) is 6.04 Å². The minimum absolute atomic E-state index is 0.190. The van der Waals surface area contributed by atoms with Gasteiger partial charge in [0.2, 0.25) is 5.91 Å². The van der Waals surface area contributed by atoms with Crippen molar-refractivity contribution in [1.82, 2.24) is 15.1 Å². The van der Waals surface area contributed by atoms with Crippen molar-refractivity contribution in [3.63, 3.8) is 0 Å². The Hall–Kier alpha value is -4.39. The normalized spacial score (nSPS) is 17.7. The molecule has 2 N–H and O–H groups in total. The van der Waals surface area contributed by atoms with E-state index in [1.807, 2.05) is 94.4 Å². The van der Waals surface area contributed by atoms with Gasteiger partial charge < -0.3 is 15.5 Å². The SMILES string of the molecule is CCN1C(=O)NC(c2ccc(C)cc2C)C2=C1CN(C(Cc1ccccc1)C(=O)Nc1ccc(C)cc1)C2=O. The van der Waals surface area contributed by atoms with Crippen molar-refractivity contribution in [3.05, 3.63) is 112 Å². The zero-order valence-corrected chi connectivity index (χ0v) is 22.8. The van der Waals surface area contributed by atoms with Crippen LogP contribution in [0.2, 0.25) is 0 Å². The first-order valence-corrected chi connectivity index (χ1v) is 13.4. The second-order valence-electron chi connectivity index (χ2n) is 10.3. The standard InChI is InChI=1S/C32H34N4O3/c1-5-35-27-19-36(31(38)28(27)29(34-32(35)39)25-16-13-21(3)17-22(25)4)26(18-23-9-7-6-8-10-23)30(37)33-24-14-11-20(2)12-15-24/h6-17,26,29H,5,18-19H2,1-4H3,(H,33,37)(H,34,39). The van der Waals surface area contributed by atoms with E-state index in [1.54, 1.807) is 9.80 Å². The number of nitrogens with one attached hydrogen (secondary N) is 2. The fourth-order valence-electron chi connectivity index (χ4n) is 5.53. The molecule has 0 fully saturated rings. The van der Waals surface area contributed by atoms with Crippen LogP contribution in [0.25, 0.3) is 0 Å². The molecule has 2 unspecified atom stereocenters. The lowest BCUT2D eigenvalue weighted by atomic mass is 9.91. The van der Waals surface area contributed by atoms with Crippen LogP contribution in [0.1, 0.15) is 40.8 Å². The second-order valence-corrected chi connectivity index (χ2v) is 10.3. The van der Waals surface area contributed by atoms with Gasteiger partial charge in [0.15, 0.2) is 0 Å². The van der Waals surface area contributed by atoms with E-state index in [0.29, 0.717) is 29.9 Å². The number of carbonyl (C=O) groups is 3. The average Bonchev–Trinajstić information content (AvgIpc) is 3.25. The number of rotatable bonds is 7. The summed E-state index contributed by atoms with van der Waals surface area (Å²) in [4.78, 5) is 44.4. The molecule has 0 saturated carbocycles. The summed E-state index contributed by atoms with van der Waals surface area (Å²) in [5, 5.41) is 6.07. The van der Waals surface area contributed by atoms with Gasteiger partial charge in [-0.3, -0.25) is 14.5 Å². The zero-order chi connectivity index (χ0) is 27.7. The van der Waals surface area contributed by atoms with Crippen LogP contribution in [0.5, 0.6) is 0 Å². The number of likely N-dealkylation sites (N-methyl/N-ethyl adjacent to an activating group) is 1. The van der Waals surface area contributed by atoms with Crippen LogP contribution >= 0.6 is 0 Å². The van der Waals surface area contributed by atoms with Gasteiger partial charge in [0.05, 0.1) is 23.9 Å². The van der Waals surface area contributed by atoms with E-state index in [1.165, 1.54) is 0 Å². The highest BCUT2D eigenvalue weighted by atomic mass is 16.2. The Bertz CT molecular complexity index is 1450. The first kappa shape index (κ1) is 26.2. The average molecular weight is 523 g/mol. The van der Waals surface area contributed by atoms with Crippen LogP contribution in [-0.2, 0) is 16.0 Å². The minimum Gasteiger partial charge on any atom is -0.326 e. The molecule has 7 nitrogen and oxygen atoms in total. The van der Waals surface area contributed by atoms with Crippen LogP contribution in [0.4, 0.5) is 10.5 Å². The predicted octanol–water partition coefficient (Wildman–Crippen LogP) is 5.04. The van der Waals surface area contributed by atoms with Crippen molar-refractivity contribution in [3.8, 4) is 0 Å². The summed E-state index contributed by atoms with van der Waals surface area (Å²) in [5.41, 5.74) is 6.91. The number of aryl methyl sites for hydroxylation is 3. The van der Waals surface area contributed by atoms with Gasteiger partial charge in [0, 0.05) is 18.7 Å². The largest absolute Gasteiger partial charge is 0.326 e. The number of benzene rings is 3. The molecule has 2 aliphatic heterocycles. The maximum atomic E-state index is 14.2. The number of amides is 4.